The standard InChI is InChI=1S/C16H22BrN3O/c1-10-7-12(17)4-3-11(10)9-19-16(18-2)20-14-8-13-5-6-15(14)21-13/h3-4,7,13-15H,5-6,8-9H2,1-2H3,(H2,18,19,20). The van der Waals surface area contributed by atoms with Gasteiger partial charge >= 0.3 is 0 Å². The second-order valence-electron chi connectivity index (χ2n) is 5.86. The number of ether oxygens (including phenoxy) is 1. The van der Waals surface area contributed by atoms with E-state index in [2.05, 4.69) is 56.7 Å². The number of fused-ring (bicyclic) bond motifs is 2. The van der Waals surface area contributed by atoms with E-state index in [1.807, 2.05) is 7.05 Å². The average Bonchev–Trinajstić information content (AvgIpc) is 3.07. The zero-order chi connectivity index (χ0) is 14.8. The number of hydrogen-bond acceptors (Lipinski definition) is 2. The minimum absolute atomic E-state index is 0.364. The van der Waals surface area contributed by atoms with Gasteiger partial charge in [-0.15, -0.1) is 0 Å². The Morgan fingerprint density at radius 3 is 2.90 bits per heavy atom. The van der Waals surface area contributed by atoms with E-state index < -0.39 is 0 Å². The van der Waals surface area contributed by atoms with Crippen molar-refractivity contribution in [3.63, 3.8) is 0 Å². The molecule has 2 heterocycles. The second kappa shape index (κ2) is 6.36. The third-order valence-corrected chi connectivity index (χ3v) is 4.90. The summed E-state index contributed by atoms with van der Waals surface area (Å²) in [4.78, 5) is 4.33. The number of rotatable bonds is 3. The van der Waals surface area contributed by atoms with Crippen LogP contribution in [0.2, 0.25) is 0 Å². The molecule has 2 bridgehead atoms. The van der Waals surface area contributed by atoms with Gasteiger partial charge in [-0.3, -0.25) is 4.99 Å². The maximum Gasteiger partial charge on any atom is 0.191 e. The third-order valence-electron chi connectivity index (χ3n) is 4.40. The summed E-state index contributed by atoms with van der Waals surface area (Å²) in [6.45, 7) is 2.90. The summed E-state index contributed by atoms with van der Waals surface area (Å²) >= 11 is 3.50. The van der Waals surface area contributed by atoms with Gasteiger partial charge < -0.3 is 15.4 Å². The van der Waals surface area contributed by atoms with Gasteiger partial charge in [0.15, 0.2) is 5.96 Å². The first kappa shape index (κ1) is 14.9. The maximum atomic E-state index is 5.87. The summed E-state index contributed by atoms with van der Waals surface area (Å²) in [7, 11) is 1.82. The molecule has 21 heavy (non-hydrogen) atoms. The Labute approximate surface area is 134 Å². The zero-order valence-corrected chi connectivity index (χ0v) is 14.1. The third kappa shape index (κ3) is 3.40. The SMILES string of the molecule is CN=C(NCc1ccc(Br)cc1C)NC1CC2CCC1O2. The van der Waals surface area contributed by atoms with E-state index in [4.69, 9.17) is 4.74 Å². The van der Waals surface area contributed by atoms with Crippen LogP contribution in [0.1, 0.15) is 30.4 Å². The Morgan fingerprint density at radius 2 is 2.29 bits per heavy atom. The number of nitrogens with zero attached hydrogens (tertiary/aromatic N) is 1. The van der Waals surface area contributed by atoms with Crippen molar-refractivity contribution in [2.75, 3.05) is 7.05 Å². The van der Waals surface area contributed by atoms with Crippen molar-refractivity contribution in [2.45, 2.75) is 51.0 Å². The highest BCUT2D eigenvalue weighted by Crippen LogP contribution is 2.34. The molecule has 2 saturated heterocycles. The lowest BCUT2D eigenvalue weighted by molar-refractivity contribution is 0.0992. The van der Waals surface area contributed by atoms with E-state index in [0.717, 1.165) is 23.4 Å². The van der Waals surface area contributed by atoms with Gasteiger partial charge in [0, 0.05) is 18.1 Å². The average molecular weight is 352 g/mol. The monoisotopic (exact) mass is 351 g/mol. The van der Waals surface area contributed by atoms with Crippen LogP contribution >= 0.6 is 15.9 Å². The van der Waals surface area contributed by atoms with E-state index in [1.54, 1.807) is 0 Å². The van der Waals surface area contributed by atoms with Crippen molar-refractivity contribution >= 4 is 21.9 Å². The molecule has 4 nitrogen and oxygen atoms in total. The topological polar surface area (TPSA) is 45.7 Å². The number of aryl methyl sites for hydroxylation is 1. The Kier molecular flexibility index (Phi) is 4.50. The fourth-order valence-corrected chi connectivity index (χ4v) is 3.67. The number of benzene rings is 1. The minimum atomic E-state index is 0.364. The van der Waals surface area contributed by atoms with Gasteiger partial charge in [-0.2, -0.15) is 0 Å². The predicted molar refractivity (Wildman–Crippen MR) is 88.5 cm³/mol. The Morgan fingerprint density at radius 1 is 1.43 bits per heavy atom. The molecule has 1 aromatic carbocycles. The van der Waals surface area contributed by atoms with Crippen molar-refractivity contribution in [3.05, 3.63) is 33.8 Å². The molecule has 3 rings (SSSR count). The molecule has 2 aliphatic rings. The summed E-state index contributed by atoms with van der Waals surface area (Å²) < 4.78 is 6.99. The quantitative estimate of drug-likeness (QED) is 0.650. The first-order valence-corrected chi connectivity index (χ1v) is 8.32. The highest BCUT2D eigenvalue weighted by atomic mass is 79.9. The van der Waals surface area contributed by atoms with Crippen LogP contribution in [0.3, 0.4) is 0 Å². The molecular weight excluding hydrogens is 330 g/mol. The van der Waals surface area contributed by atoms with Crippen molar-refractivity contribution in [2.24, 2.45) is 4.99 Å². The zero-order valence-electron chi connectivity index (χ0n) is 12.5. The van der Waals surface area contributed by atoms with Crippen LogP contribution < -0.4 is 10.6 Å². The highest BCUT2D eigenvalue weighted by molar-refractivity contribution is 9.10. The number of guanidine groups is 1. The van der Waals surface area contributed by atoms with Crippen LogP contribution in [0.4, 0.5) is 0 Å². The van der Waals surface area contributed by atoms with Gasteiger partial charge in [0.2, 0.25) is 0 Å². The predicted octanol–water partition coefficient (Wildman–Crippen LogP) is 2.74. The van der Waals surface area contributed by atoms with Crippen LogP contribution in [0.15, 0.2) is 27.7 Å². The summed E-state index contributed by atoms with van der Waals surface area (Å²) in [6, 6.07) is 6.75. The Bertz CT molecular complexity index is 546. The van der Waals surface area contributed by atoms with E-state index in [-0.39, 0.29) is 0 Å². The van der Waals surface area contributed by atoms with Crippen molar-refractivity contribution in [3.8, 4) is 0 Å². The molecule has 0 saturated carbocycles. The van der Waals surface area contributed by atoms with E-state index in [1.165, 1.54) is 24.0 Å². The van der Waals surface area contributed by atoms with Crippen LogP contribution in [0.25, 0.3) is 0 Å². The van der Waals surface area contributed by atoms with Gasteiger partial charge in [-0.25, -0.2) is 0 Å². The largest absolute Gasteiger partial charge is 0.373 e. The molecule has 0 aliphatic carbocycles. The summed E-state index contributed by atoms with van der Waals surface area (Å²) in [5.41, 5.74) is 2.56. The van der Waals surface area contributed by atoms with Crippen molar-refractivity contribution < 1.29 is 4.74 Å². The number of nitrogens with one attached hydrogen (secondary N) is 2. The number of aliphatic imine (C=N–C) groups is 1. The first-order chi connectivity index (χ1) is 10.2. The molecule has 0 radical (unpaired) electrons. The fourth-order valence-electron chi connectivity index (χ4n) is 3.20. The lowest BCUT2D eigenvalue weighted by atomic mass is 9.96. The fraction of sp³-hybridized carbons (Fsp3) is 0.562. The van der Waals surface area contributed by atoms with Gasteiger partial charge in [0.05, 0.1) is 18.2 Å². The summed E-state index contributed by atoms with van der Waals surface area (Å²) in [5.74, 6) is 0.860. The molecule has 2 fully saturated rings. The van der Waals surface area contributed by atoms with E-state index >= 15 is 0 Å². The van der Waals surface area contributed by atoms with Crippen LogP contribution in [-0.4, -0.2) is 31.3 Å². The van der Waals surface area contributed by atoms with Gasteiger partial charge in [-0.1, -0.05) is 22.0 Å². The molecule has 0 amide bonds. The lowest BCUT2D eigenvalue weighted by Crippen LogP contribution is -2.47. The van der Waals surface area contributed by atoms with Crippen molar-refractivity contribution in [1.29, 1.82) is 0 Å². The Hall–Kier alpha value is -1.07. The van der Waals surface area contributed by atoms with Gasteiger partial charge in [0.1, 0.15) is 0 Å². The summed E-state index contributed by atoms with van der Waals surface area (Å²) in [6.07, 6.45) is 4.31. The molecular formula is C16H22BrN3O. The molecule has 3 atom stereocenters. The van der Waals surface area contributed by atoms with Gasteiger partial charge in [0.25, 0.3) is 0 Å². The molecule has 1 aromatic rings. The molecule has 3 unspecified atom stereocenters. The van der Waals surface area contributed by atoms with Crippen LogP contribution in [0.5, 0.6) is 0 Å². The smallest absolute Gasteiger partial charge is 0.191 e. The first-order valence-electron chi connectivity index (χ1n) is 7.53. The molecule has 2 aliphatic heterocycles. The van der Waals surface area contributed by atoms with Crippen molar-refractivity contribution in [1.82, 2.24) is 10.6 Å². The molecule has 0 spiro atoms. The molecule has 5 heteroatoms. The lowest BCUT2D eigenvalue weighted by Gasteiger charge is -2.22. The molecule has 2 N–H and O–H groups in total. The molecule has 0 aromatic heterocycles. The normalized spacial score (nSPS) is 28.0. The minimum Gasteiger partial charge on any atom is -0.373 e. The highest BCUT2D eigenvalue weighted by Gasteiger charge is 2.41. The van der Waals surface area contributed by atoms with Crippen LogP contribution in [-0.2, 0) is 11.3 Å². The second-order valence-corrected chi connectivity index (χ2v) is 6.77. The number of hydrogen-bond donors (Lipinski definition) is 2. The summed E-state index contributed by atoms with van der Waals surface area (Å²) in [5, 5.41) is 6.90. The molecule has 114 valence electrons. The van der Waals surface area contributed by atoms with Gasteiger partial charge in [-0.05, 0) is 49.4 Å². The Balaban J connectivity index is 1.55. The maximum absolute atomic E-state index is 5.87. The van der Waals surface area contributed by atoms with Crippen LogP contribution in [0, 0.1) is 6.92 Å². The van der Waals surface area contributed by atoms with E-state index in [0.29, 0.717) is 18.2 Å². The van der Waals surface area contributed by atoms with E-state index in [9.17, 15) is 0 Å². The number of halogens is 1.